The Labute approximate surface area is 151 Å². The minimum atomic E-state index is -4.43. The van der Waals surface area contributed by atoms with Crippen LogP contribution in [0.5, 0.6) is 0 Å². The van der Waals surface area contributed by atoms with Crippen LogP contribution in [-0.4, -0.2) is 20.8 Å². The number of rotatable bonds is 4. The van der Waals surface area contributed by atoms with Gasteiger partial charge in [0.2, 0.25) is 0 Å². The lowest BCUT2D eigenvalue weighted by Gasteiger charge is -2.08. The molecule has 2 N–H and O–H groups in total. The molecule has 0 aliphatic heterocycles. The van der Waals surface area contributed by atoms with Gasteiger partial charge in [-0.15, -0.1) is 11.8 Å². The zero-order chi connectivity index (χ0) is 18.7. The normalized spacial score (nSPS) is 12.7. The number of nitrogens with one attached hydrogen (secondary N) is 1. The highest BCUT2D eigenvalue weighted by atomic mass is 32.2. The number of aromatic amines is 1. The Bertz CT molecular complexity index is 985. The number of imidazole rings is 1. The van der Waals surface area contributed by atoms with Crippen molar-refractivity contribution in [1.82, 2.24) is 9.97 Å². The molecule has 0 aliphatic carbocycles. The molecule has 0 bridgehead atoms. The monoisotopic (exact) mass is 375 g/mol. The predicted octanol–water partition coefficient (Wildman–Crippen LogP) is 5.17. The van der Waals surface area contributed by atoms with E-state index < -0.39 is 11.7 Å². The number of fused-ring (bicyclic) bond motifs is 1. The molecule has 1 aromatic heterocycles. The summed E-state index contributed by atoms with van der Waals surface area (Å²) in [7, 11) is 0. The van der Waals surface area contributed by atoms with E-state index in [4.69, 9.17) is 0 Å². The minimum absolute atomic E-state index is 0.0410. The van der Waals surface area contributed by atoms with E-state index >= 15 is 0 Å². The summed E-state index contributed by atoms with van der Waals surface area (Å²) < 4.78 is 38.2. The molecule has 3 rings (SSSR count). The van der Waals surface area contributed by atoms with Gasteiger partial charge in [0.15, 0.2) is 5.82 Å². The van der Waals surface area contributed by atoms with Crippen molar-refractivity contribution >= 4 is 28.4 Å². The van der Waals surface area contributed by atoms with Crippen LogP contribution in [0.25, 0.3) is 16.6 Å². The Kier molecular flexibility index (Phi) is 4.91. The van der Waals surface area contributed by atoms with Crippen molar-refractivity contribution in [2.24, 2.45) is 0 Å². The SMILES string of the molecule is N#C/C(=C(/O)CSc1cccc(C(F)(F)F)c1)c1nc2ccccc2[nH]1. The van der Waals surface area contributed by atoms with Crippen molar-refractivity contribution in [3.8, 4) is 6.07 Å². The Balaban J connectivity index is 1.83. The van der Waals surface area contributed by atoms with Gasteiger partial charge in [-0.3, -0.25) is 0 Å². The lowest BCUT2D eigenvalue weighted by molar-refractivity contribution is -0.137. The molecule has 0 unspecified atom stereocenters. The Morgan fingerprint density at radius 2 is 1.96 bits per heavy atom. The van der Waals surface area contributed by atoms with Crippen LogP contribution in [0.2, 0.25) is 0 Å². The van der Waals surface area contributed by atoms with E-state index in [0.717, 1.165) is 23.9 Å². The molecule has 0 saturated heterocycles. The van der Waals surface area contributed by atoms with Crippen molar-refractivity contribution in [3.63, 3.8) is 0 Å². The van der Waals surface area contributed by atoms with Crippen molar-refractivity contribution in [3.05, 3.63) is 65.7 Å². The summed E-state index contributed by atoms with van der Waals surface area (Å²) in [5, 5.41) is 19.6. The number of benzene rings is 2. The molecule has 2 aromatic carbocycles. The second kappa shape index (κ2) is 7.14. The highest BCUT2D eigenvalue weighted by molar-refractivity contribution is 7.99. The molecule has 26 heavy (non-hydrogen) atoms. The number of nitrogens with zero attached hydrogens (tertiary/aromatic N) is 2. The molecular weight excluding hydrogens is 363 g/mol. The molecule has 3 aromatic rings. The van der Waals surface area contributed by atoms with E-state index in [1.165, 1.54) is 12.1 Å². The minimum Gasteiger partial charge on any atom is -0.510 e. The summed E-state index contributed by atoms with van der Waals surface area (Å²) in [5.41, 5.74) is 0.562. The van der Waals surface area contributed by atoms with Gasteiger partial charge in [0.05, 0.1) is 22.3 Å². The number of para-hydroxylation sites is 2. The smallest absolute Gasteiger partial charge is 0.416 e. The lowest BCUT2D eigenvalue weighted by atomic mass is 10.2. The van der Waals surface area contributed by atoms with E-state index in [-0.39, 0.29) is 22.9 Å². The van der Waals surface area contributed by atoms with Gasteiger partial charge in [0, 0.05) is 4.90 Å². The second-order valence-electron chi connectivity index (χ2n) is 5.35. The number of H-pyrrole nitrogens is 1. The number of aliphatic hydroxyl groups is 1. The summed E-state index contributed by atoms with van der Waals surface area (Å²) in [5.74, 6) is -0.0915. The summed E-state index contributed by atoms with van der Waals surface area (Å²) >= 11 is 1.00. The summed E-state index contributed by atoms with van der Waals surface area (Å²) in [6.07, 6.45) is -4.43. The number of aromatic nitrogens is 2. The third kappa shape index (κ3) is 3.83. The fourth-order valence-corrected chi connectivity index (χ4v) is 3.14. The molecule has 4 nitrogen and oxygen atoms in total. The molecule has 0 fully saturated rings. The van der Waals surface area contributed by atoms with Gasteiger partial charge < -0.3 is 10.1 Å². The number of allylic oxidation sites excluding steroid dienone is 1. The van der Waals surface area contributed by atoms with Crippen molar-refractivity contribution < 1.29 is 18.3 Å². The number of hydrogen-bond acceptors (Lipinski definition) is 4. The van der Waals surface area contributed by atoms with Gasteiger partial charge >= 0.3 is 6.18 Å². The van der Waals surface area contributed by atoms with Crippen LogP contribution < -0.4 is 0 Å². The fourth-order valence-electron chi connectivity index (χ4n) is 2.31. The molecule has 0 atom stereocenters. The Hall–Kier alpha value is -2.92. The van der Waals surface area contributed by atoms with Gasteiger partial charge in [0.1, 0.15) is 17.4 Å². The Morgan fingerprint density at radius 1 is 1.19 bits per heavy atom. The second-order valence-corrected chi connectivity index (χ2v) is 6.40. The van der Waals surface area contributed by atoms with Crippen LogP contribution in [0.15, 0.2) is 59.2 Å². The summed E-state index contributed by atoms with van der Waals surface area (Å²) in [4.78, 5) is 7.54. The van der Waals surface area contributed by atoms with E-state index in [0.29, 0.717) is 15.9 Å². The Morgan fingerprint density at radius 3 is 2.65 bits per heavy atom. The van der Waals surface area contributed by atoms with Gasteiger partial charge in [0.25, 0.3) is 0 Å². The zero-order valence-corrected chi connectivity index (χ0v) is 14.0. The van der Waals surface area contributed by atoms with E-state index in [1.54, 1.807) is 18.2 Å². The first-order valence-electron chi connectivity index (χ1n) is 7.46. The maximum absolute atomic E-state index is 12.7. The van der Waals surface area contributed by atoms with E-state index in [2.05, 4.69) is 9.97 Å². The predicted molar refractivity (Wildman–Crippen MR) is 93.4 cm³/mol. The van der Waals surface area contributed by atoms with Gasteiger partial charge in [-0.25, -0.2) is 4.98 Å². The summed E-state index contributed by atoms with van der Waals surface area (Å²) in [6, 6.07) is 13.9. The first-order valence-corrected chi connectivity index (χ1v) is 8.44. The van der Waals surface area contributed by atoms with Gasteiger partial charge in [-0.05, 0) is 30.3 Å². The van der Waals surface area contributed by atoms with Crippen LogP contribution >= 0.6 is 11.8 Å². The van der Waals surface area contributed by atoms with Crippen molar-refractivity contribution in [1.29, 1.82) is 5.26 Å². The van der Waals surface area contributed by atoms with Crippen molar-refractivity contribution in [2.45, 2.75) is 11.1 Å². The number of nitriles is 1. The number of halogens is 3. The van der Waals surface area contributed by atoms with Gasteiger partial charge in [-0.2, -0.15) is 18.4 Å². The van der Waals surface area contributed by atoms with Gasteiger partial charge in [-0.1, -0.05) is 18.2 Å². The molecule has 0 saturated carbocycles. The number of aliphatic hydroxyl groups excluding tert-OH is 1. The highest BCUT2D eigenvalue weighted by Gasteiger charge is 2.30. The number of hydrogen-bond donors (Lipinski definition) is 2. The van der Waals surface area contributed by atoms with E-state index in [1.807, 2.05) is 12.1 Å². The zero-order valence-electron chi connectivity index (χ0n) is 13.2. The first kappa shape index (κ1) is 17.9. The number of thioether (sulfide) groups is 1. The van der Waals surface area contributed by atoms with Crippen LogP contribution in [0.3, 0.4) is 0 Å². The molecule has 132 valence electrons. The molecule has 1 heterocycles. The lowest BCUT2D eigenvalue weighted by Crippen LogP contribution is -2.04. The first-order chi connectivity index (χ1) is 12.4. The topological polar surface area (TPSA) is 72.7 Å². The molecule has 0 spiro atoms. The molecule has 0 amide bonds. The third-order valence-corrected chi connectivity index (χ3v) is 4.57. The quantitative estimate of drug-likeness (QED) is 0.375. The molecular formula is C18H12F3N3OS. The summed E-state index contributed by atoms with van der Waals surface area (Å²) in [6.45, 7) is 0. The van der Waals surface area contributed by atoms with Crippen molar-refractivity contribution in [2.75, 3.05) is 5.75 Å². The highest BCUT2D eigenvalue weighted by Crippen LogP contribution is 2.32. The molecule has 8 heteroatoms. The average Bonchev–Trinajstić information content (AvgIpc) is 3.03. The van der Waals surface area contributed by atoms with E-state index in [9.17, 15) is 23.5 Å². The average molecular weight is 375 g/mol. The fraction of sp³-hybridized carbons (Fsp3) is 0.111. The maximum atomic E-state index is 12.7. The standard InChI is InChI=1S/C18H12F3N3OS/c19-18(20,21)11-4-3-5-12(8-11)26-10-16(25)13(9-22)17-23-14-6-1-2-7-15(14)24-17/h1-8,25H,10H2,(H,23,24)/b16-13-. The number of alkyl halides is 3. The van der Waals surface area contributed by atoms with Crippen LogP contribution in [0.1, 0.15) is 11.4 Å². The van der Waals surface area contributed by atoms with Crippen LogP contribution in [0.4, 0.5) is 13.2 Å². The molecule has 0 aliphatic rings. The van der Waals surface area contributed by atoms with Crippen LogP contribution in [0, 0.1) is 11.3 Å². The van der Waals surface area contributed by atoms with Crippen LogP contribution in [-0.2, 0) is 6.18 Å². The molecule has 0 radical (unpaired) electrons. The third-order valence-electron chi connectivity index (χ3n) is 3.56. The maximum Gasteiger partial charge on any atom is 0.416 e. The largest absolute Gasteiger partial charge is 0.510 e.